The van der Waals surface area contributed by atoms with E-state index in [1.165, 1.54) is 16.9 Å². The number of thiophene rings is 1. The van der Waals surface area contributed by atoms with Crippen LogP contribution in [0, 0.1) is 0 Å². The zero-order chi connectivity index (χ0) is 23.8. The van der Waals surface area contributed by atoms with Crippen molar-refractivity contribution < 1.29 is 14.3 Å². The van der Waals surface area contributed by atoms with Gasteiger partial charge in [0.15, 0.2) is 0 Å². The Morgan fingerprint density at radius 1 is 1.03 bits per heavy atom. The molecule has 1 aliphatic carbocycles. The van der Waals surface area contributed by atoms with Gasteiger partial charge in [-0.2, -0.15) is 0 Å². The highest BCUT2D eigenvalue weighted by molar-refractivity contribution is 7.17. The summed E-state index contributed by atoms with van der Waals surface area (Å²) >= 11 is 1.56. The van der Waals surface area contributed by atoms with Crippen LogP contribution in [0.2, 0.25) is 0 Å². The first kappa shape index (κ1) is 24.6. The lowest BCUT2D eigenvalue weighted by molar-refractivity contribution is -0.117. The number of benzene rings is 1. The average Bonchev–Trinajstić information content (AvgIpc) is 3.01. The van der Waals surface area contributed by atoms with Gasteiger partial charge in [-0.25, -0.2) is 4.79 Å². The highest BCUT2D eigenvalue weighted by atomic mass is 32.1. The standard InChI is InChI=1S/C27H35N3O3S/c1-2-33-27(32)25-22-13-7-4-8-14-23(22)34-26(25)28-24(31)20-30-18-16-29(17-19-30)15-9-12-21-10-5-3-6-11-21/h3,5-6,9-12H,2,4,7-8,13-20H2,1H3,(H,28,31)/b12-9+. The van der Waals surface area contributed by atoms with E-state index >= 15 is 0 Å². The van der Waals surface area contributed by atoms with Crippen molar-refractivity contribution in [2.24, 2.45) is 0 Å². The first-order valence-corrected chi connectivity index (χ1v) is 13.2. The number of hydrogen-bond donors (Lipinski definition) is 1. The lowest BCUT2D eigenvalue weighted by Gasteiger charge is -2.33. The average molecular weight is 482 g/mol. The number of hydrogen-bond acceptors (Lipinski definition) is 6. The molecule has 0 radical (unpaired) electrons. The molecule has 182 valence electrons. The van der Waals surface area contributed by atoms with E-state index in [-0.39, 0.29) is 11.9 Å². The molecule has 6 nitrogen and oxygen atoms in total. The molecule has 1 aromatic carbocycles. The van der Waals surface area contributed by atoms with Crippen molar-refractivity contribution in [2.45, 2.75) is 39.0 Å². The van der Waals surface area contributed by atoms with Gasteiger partial charge in [0, 0.05) is 37.6 Å². The van der Waals surface area contributed by atoms with E-state index in [0.29, 0.717) is 23.7 Å². The first-order valence-electron chi connectivity index (χ1n) is 12.4. The van der Waals surface area contributed by atoms with Crippen LogP contribution in [0.5, 0.6) is 0 Å². The smallest absolute Gasteiger partial charge is 0.341 e. The third-order valence-electron chi connectivity index (χ3n) is 6.46. The molecule has 34 heavy (non-hydrogen) atoms. The van der Waals surface area contributed by atoms with Gasteiger partial charge in [-0.15, -0.1) is 11.3 Å². The van der Waals surface area contributed by atoms with Crippen LogP contribution in [0.1, 0.15) is 52.5 Å². The van der Waals surface area contributed by atoms with E-state index in [1.54, 1.807) is 11.3 Å². The van der Waals surface area contributed by atoms with E-state index in [2.05, 4.69) is 39.4 Å². The second-order valence-corrected chi connectivity index (χ2v) is 10.0. The van der Waals surface area contributed by atoms with Crippen LogP contribution in [0.4, 0.5) is 5.00 Å². The number of nitrogens with zero attached hydrogens (tertiary/aromatic N) is 2. The number of anilines is 1. The molecule has 1 N–H and O–H groups in total. The van der Waals surface area contributed by atoms with E-state index in [0.717, 1.165) is 64.0 Å². The molecule has 1 saturated heterocycles. The predicted molar refractivity (Wildman–Crippen MR) is 139 cm³/mol. The van der Waals surface area contributed by atoms with Crippen LogP contribution in [0.3, 0.4) is 0 Å². The fraction of sp³-hybridized carbons (Fsp3) is 0.481. The minimum absolute atomic E-state index is 0.0561. The van der Waals surface area contributed by atoms with E-state index in [4.69, 9.17) is 4.74 Å². The maximum Gasteiger partial charge on any atom is 0.341 e. The molecular formula is C27H35N3O3S. The number of amides is 1. The van der Waals surface area contributed by atoms with Crippen LogP contribution in [-0.2, 0) is 22.4 Å². The fourth-order valence-electron chi connectivity index (χ4n) is 4.65. The Morgan fingerprint density at radius 3 is 2.53 bits per heavy atom. The van der Waals surface area contributed by atoms with Gasteiger partial charge in [0.2, 0.25) is 5.91 Å². The third kappa shape index (κ3) is 6.56. The molecule has 1 aliphatic heterocycles. The Labute approximate surface area is 206 Å². The summed E-state index contributed by atoms with van der Waals surface area (Å²) in [6.07, 6.45) is 9.61. The topological polar surface area (TPSA) is 61.9 Å². The zero-order valence-electron chi connectivity index (χ0n) is 20.1. The summed E-state index contributed by atoms with van der Waals surface area (Å²) in [6, 6.07) is 10.3. The van der Waals surface area contributed by atoms with Crippen LogP contribution in [0.15, 0.2) is 36.4 Å². The quantitative estimate of drug-likeness (QED) is 0.446. The number of carbonyl (C=O) groups is 2. The molecule has 1 fully saturated rings. The lowest BCUT2D eigenvalue weighted by atomic mass is 10.1. The number of esters is 1. The normalized spacial score (nSPS) is 17.3. The summed E-state index contributed by atoms with van der Waals surface area (Å²) < 4.78 is 5.33. The molecule has 4 rings (SSSR count). The van der Waals surface area contributed by atoms with Gasteiger partial charge < -0.3 is 10.1 Å². The van der Waals surface area contributed by atoms with Gasteiger partial charge in [0.05, 0.1) is 18.7 Å². The summed E-state index contributed by atoms with van der Waals surface area (Å²) in [6.45, 7) is 7.01. The van der Waals surface area contributed by atoms with Crippen molar-refractivity contribution in [3.8, 4) is 0 Å². The molecule has 1 amide bonds. The summed E-state index contributed by atoms with van der Waals surface area (Å²) in [5.74, 6) is -0.367. The highest BCUT2D eigenvalue weighted by Crippen LogP contribution is 2.38. The van der Waals surface area contributed by atoms with Gasteiger partial charge >= 0.3 is 5.97 Å². The molecule has 0 unspecified atom stereocenters. The molecule has 0 spiro atoms. The minimum Gasteiger partial charge on any atom is -0.462 e. The Bertz CT molecular complexity index is 994. The van der Waals surface area contributed by atoms with Crippen LogP contribution >= 0.6 is 11.3 Å². The highest BCUT2D eigenvalue weighted by Gasteiger charge is 2.27. The van der Waals surface area contributed by atoms with E-state index in [9.17, 15) is 9.59 Å². The van der Waals surface area contributed by atoms with Crippen molar-refractivity contribution in [1.29, 1.82) is 0 Å². The molecule has 0 atom stereocenters. The Kier molecular flexibility index (Phi) is 8.91. The number of nitrogens with one attached hydrogen (secondary N) is 1. The van der Waals surface area contributed by atoms with Crippen LogP contribution < -0.4 is 5.32 Å². The molecule has 0 bridgehead atoms. The maximum atomic E-state index is 12.9. The van der Waals surface area contributed by atoms with Crippen molar-refractivity contribution in [1.82, 2.24) is 9.80 Å². The number of fused-ring (bicyclic) bond motifs is 1. The van der Waals surface area contributed by atoms with E-state index < -0.39 is 0 Å². The van der Waals surface area contributed by atoms with Gasteiger partial charge in [-0.1, -0.05) is 48.9 Å². The van der Waals surface area contributed by atoms with Crippen molar-refractivity contribution in [3.05, 3.63) is 58.0 Å². The lowest BCUT2D eigenvalue weighted by Crippen LogP contribution is -2.48. The number of rotatable bonds is 8. The van der Waals surface area contributed by atoms with Gasteiger partial charge in [0.25, 0.3) is 0 Å². The van der Waals surface area contributed by atoms with Crippen molar-refractivity contribution in [3.63, 3.8) is 0 Å². The molecule has 2 heterocycles. The van der Waals surface area contributed by atoms with Gasteiger partial charge in [-0.3, -0.25) is 14.6 Å². The molecular weight excluding hydrogens is 446 g/mol. The summed E-state index contributed by atoms with van der Waals surface area (Å²) in [5, 5.41) is 3.72. The largest absolute Gasteiger partial charge is 0.462 e. The Morgan fingerprint density at radius 2 is 1.76 bits per heavy atom. The Hall–Kier alpha value is -2.48. The van der Waals surface area contributed by atoms with Gasteiger partial charge in [0.1, 0.15) is 5.00 Å². The van der Waals surface area contributed by atoms with Crippen LogP contribution in [-0.4, -0.2) is 67.6 Å². The second kappa shape index (κ2) is 12.3. The van der Waals surface area contributed by atoms with Crippen molar-refractivity contribution in [2.75, 3.05) is 51.2 Å². The predicted octanol–water partition coefficient (Wildman–Crippen LogP) is 4.46. The summed E-state index contributed by atoms with van der Waals surface area (Å²) in [7, 11) is 0. The second-order valence-electron chi connectivity index (χ2n) is 8.93. The van der Waals surface area contributed by atoms with E-state index in [1.807, 2.05) is 25.1 Å². The fourth-order valence-corrected chi connectivity index (χ4v) is 5.94. The molecule has 0 saturated carbocycles. The summed E-state index contributed by atoms with van der Waals surface area (Å²) in [4.78, 5) is 31.4. The zero-order valence-corrected chi connectivity index (χ0v) is 20.9. The summed E-state index contributed by atoms with van der Waals surface area (Å²) in [5.41, 5.74) is 2.89. The maximum absolute atomic E-state index is 12.9. The number of carbonyl (C=O) groups excluding carboxylic acids is 2. The number of aryl methyl sites for hydroxylation is 1. The number of ether oxygens (including phenoxy) is 1. The molecule has 7 heteroatoms. The third-order valence-corrected chi connectivity index (χ3v) is 7.67. The van der Waals surface area contributed by atoms with Crippen LogP contribution in [0.25, 0.3) is 6.08 Å². The van der Waals surface area contributed by atoms with Gasteiger partial charge in [-0.05, 0) is 43.7 Å². The minimum atomic E-state index is -0.311. The first-order chi connectivity index (χ1) is 16.6. The Balaban J connectivity index is 1.29. The molecule has 2 aliphatic rings. The number of piperazine rings is 1. The monoisotopic (exact) mass is 481 g/mol. The molecule has 2 aromatic rings. The molecule has 1 aromatic heterocycles. The SMILES string of the molecule is CCOC(=O)c1c(NC(=O)CN2CCN(C/C=C/c3ccccc3)CC2)sc2c1CCCCC2. The van der Waals surface area contributed by atoms with Crippen molar-refractivity contribution >= 4 is 34.3 Å².